The second-order valence-electron chi connectivity index (χ2n) is 6.36. The average Bonchev–Trinajstić information content (AvgIpc) is 3.02. The highest BCUT2D eigenvalue weighted by atomic mass is 35.5. The van der Waals surface area contributed by atoms with E-state index < -0.39 is 21.9 Å². The van der Waals surface area contributed by atoms with Gasteiger partial charge in [0, 0.05) is 25.2 Å². The number of anilines is 1. The summed E-state index contributed by atoms with van der Waals surface area (Å²) in [5, 5.41) is 9.05. The van der Waals surface area contributed by atoms with Crippen LogP contribution < -0.4 is 4.31 Å². The van der Waals surface area contributed by atoms with Crippen LogP contribution in [0.1, 0.15) is 28.8 Å². The van der Waals surface area contributed by atoms with Crippen LogP contribution in [0.25, 0.3) is 0 Å². The summed E-state index contributed by atoms with van der Waals surface area (Å²) in [7, 11) is -3.33. The molecule has 2 aliphatic heterocycles. The smallest absolute Gasteiger partial charge is 0.308 e. The zero-order chi connectivity index (χ0) is 17.5. The number of carbonyl (C=O) groups excluding carboxylic acids is 1. The molecule has 9 heteroatoms. The van der Waals surface area contributed by atoms with E-state index in [9.17, 15) is 18.0 Å². The standard InChI is InChI=1S/C16H20N2O5S.ClH/c1-24(22,23)18-7-2-3-11-9-12(4-5-14(11)18)15(19)17-8-6-13(10-17)16(20)21;/h4-5,9,13H,2-3,6-8,10H2,1H3,(H,20,21);1H. The van der Waals surface area contributed by atoms with Crippen molar-refractivity contribution < 1.29 is 23.1 Å². The first-order valence-electron chi connectivity index (χ1n) is 7.90. The molecular formula is C16H21ClN2O5S. The fraction of sp³-hybridized carbons (Fsp3) is 0.500. The fourth-order valence-electron chi connectivity index (χ4n) is 3.37. The van der Waals surface area contributed by atoms with Gasteiger partial charge in [-0.2, -0.15) is 0 Å². The normalized spacial score (nSPS) is 20.0. The molecule has 1 atom stereocenters. The third-order valence-corrected chi connectivity index (χ3v) is 5.81. The summed E-state index contributed by atoms with van der Waals surface area (Å²) >= 11 is 0. The highest BCUT2D eigenvalue weighted by Crippen LogP contribution is 2.30. The number of hydrogen-bond donors (Lipinski definition) is 1. The predicted molar refractivity (Wildman–Crippen MR) is 95.8 cm³/mol. The molecule has 3 rings (SSSR count). The lowest BCUT2D eigenvalue weighted by Gasteiger charge is -2.29. The molecule has 1 unspecified atom stereocenters. The summed E-state index contributed by atoms with van der Waals surface area (Å²) < 4.78 is 25.1. The molecule has 0 aromatic heterocycles. The van der Waals surface area contributed by atoms with Gasteiger partial charge in [-0.05, 0) is 43.0 Å². The topological polar surface area (TPSA) is 95.0 Å². The van der Waals surface area contributed by atoms with E-state index in [1.165, 1.54) is 10.6 Å². The van der Waals surface area contributed by atoms with Crippen molar-refractivity contribution in [2.75, 3.05) is 30.2 Å². The first-order valence-corrected chi connectivity index (χ1v) is 9.75. The lowest BCUT2D eigenvalue weighted by molar-refractivity contribution is -0.141. The molecule has 1 amide bonds. The van der Waals surface area contributed by atoms with Gasteiger partial charge in [0.2, 0.25) is 10.0 Å². The minimum atomic E-state index is -3.33. The number of rotatable bonds is 3. The average molecular weight is 389 g/mol. The molecule has 1 aromatic rings. The van der Waals surface area contributed by atoms with E-state index in [1.54, 1.807) is 23.1 Å². The van der Waals surface area contributed by atoms with Crippen LogP contribution in [0.2, 0.25) is 0 Å². The van der Waals surface area contributed by atoms with Gasteiger partial charge in [0.1, 0.15) is 0 Å². The first-order chi connectivity index (χ1) is 11.3. The van der Waals surface area contributed by atoms with Crippen LogP contribution in [0.5, 0.6) is 0 Å². The first kappa shape index (κ1) is 19.5. The van der Waals surface area contributed by atoms with Crippen LogP contribution >= 0.6 is 12.4 Å². The molecular weight excluding hydrogens is 368 g/mol. The molecule has 1 aromatic carbocycles. The number of carbonyl (C=O) groups is 2. The van der Waals surface area contributed by atoms with E-state index in [1.807, 2.05) is 0 Å². The molecule has 0 radical (unpaired) electrons. The summed E-state index contributed by atoms with van der Waals surface area (Å²) in [5.74, 6) is -1.58. The Morgan fingerprint density at radius 2 is 1.96 bits per heavy atom. The monoisotopic (exact) mass is 388 g/mol. The molecule has 138 valence electrons. The molecule has 1 saturated heterocycles. The van der Waals surface area contributed by atoms with Gasteiger partial charge >= 0.3 is 5.97 Å². The van der Waals surface area contributed by atoms with Crippen molar-refractivity contribution in [2.45, 2.75) is 19.3 Å². The van der Waals surface area contributed by atoms with Crippen molar-refractivity contribution in [3.05, 3.63) is 29.3 Å². The second kappa shape index (κ2) is 7.21. The van der Waals surface area contributed by atoms with Crippen LogP contribution in [-0.4, -0.2) is 56.2 Å². The molecule has 0 saturated carbocycles. The van der Waals surface area contributed by atoms with Crippen LogP contribution in [0.4, 0.5) is 5.69 Å². The summed E-state index contributed by atoms with van der Waals surface area (Å²) in [5.41, 5.74) is 1.95. The molecule has 1 fully saturated rings. The van der Waals surface area contributed by atoms with Gasteiger partial charge in [0.15, 0.2) is 0 Å². The highest BCUT2D eigenvalue weighted by Gasteiger charge is 2.32. The Kier molecular flexibility index (Phi) is 5.63. The number of nitrogens with zero attached hydrogens (tertiary/aromatic N) is 2. The Morgan fingerprint density at radius 1 is 1.24 bits per heavy atom. The van der Waals surface area contributed by atoms with Gasteiger partial charge in [-0.25, -0.2) is 8.42 Å². The Balaban J connectivity index is 0.00000225. The van der Waals surface area contributed by atoms with E-state index in [-0.39, 0.29) is 24.9 Å². The summed E-state index contributed by atoms with van der Waals surface area (Å²) in [6, 6.07) is 5.04. The molecule has 7 nitrogen and oxygen atoms in total. The summed E-state index contributed by atoms with van der Waals surface area (Å²) in [4.78, 5) is 25.2. The van der Waals surface area contributed by atoms with Gasteiger partial charge in [-0.3, -0.25) is 13.9 Å². The number of fused-ring (bicyclic) bond motifs is 1. The van der Waals surface area contributed by atoms with Crippen molar-refractivity contribution in [3.63, 3.8) is 0 Å². The SMILES string of the molecule is CS(=O)(=O)N1CCCc2cc(C(=O)N3CCC(C(=O)O)C3)ccc21.Cl. The maximum Gasteiger partial charge on any atom is 0.308 e. The maximum absolute atomic E-state index is 12.6. The zero-order valence-electron chi connectivity index (χ0n) is 13.8. The van der Waals surface area contributed by atoms with Crippen molar-refractivity contribution in [1.29, 1.82) is 0 Å². The van der Waals surface area contributed by atoms with Crippen molar-refractivity contribution in [2.24, 2.45) is 5.92 Å². The maximum atomic E-state index is 12.6. The van der Waals surface area contributed by atoms with Gasteiger partial charge < -0.3 is 10.0 Å². The number of aryl methyl sites for hydroxylation is 1. The highest BCUT2D eigenvalue weighted by molar-refractivity contribution is 7.92. The van der Waals surface area contributed by atoms with Crippen LogP contribution in [-0.2, 0) is 21.2 Å². The number of carboxylic acids is 1. The predicted octanol–water partition coefficient (Wildman–Crippen LogP) is 1.37. The Bertz CT molecular complexity index is 796. The van der Waals surface area contributed by atoms with Gasteiger partial charge in [0.25, 0.3) is 5.91 Å². The molecule has 2 heterocycles. The van der Waals surface area contributed by atoms with Gasteiger partial charge in [0.05, 0.1) is 17.9 Å². The van der Waals surface area contributed by atoms with Crippen LogP contribution in [0, 0.1) is 5.92 Å². The largest absolute Gasteiger partial charge is 0.481 e. The van der Waals surface area contributed by atoms with Crippen LogP contribution in [0.3, 0.4) is 0 Å². The lowest BCUT2D eigenvalue weighted by Crippen LogP contribution is -2.35. The number of sulfonamides is 1. The minimum Gasteiger partial charge on any atom is -0.481 e. The molecule has 0 aliphatic carbocycles. The number of benzene rings is 1. The van der Waals surface area contributed by atoms with Crippen molar-refractivity contribution >= 4 is 40.0 Å². The van der Waals surface area contributed by atoms with E-state index in [0.717, 1.165) is 12.0 Å². The third kappa shape index (κ3) is 3.90. The Hall–Kier alpha value is -1.80. The molecule has 0 bridgehead atoms. The molecule has 1 N–H and O–H groups in total. The number of likely N-dealkylation sites (tertiary alicyclic amines) is 1. The summed E-state index contributed by atoms with van der Waals surface area (Å²) in [6.07, 6.45) is 3.08. The third-order valence-electron chi connectivity index (χ3n) is 4.63. The van der Waals surface area contributed by atoms with Crippen molar-refractivity contribution in [3.8, 4) is 0 Å². The zero-order valence-corrected chi connectivity index (χ0v) is 15.5. The second-order valence-corrected chi connectivity index (χ2v) is 8.26. The van der Waals surface area contributed by atoms with Crippen molar-refractivity contribution in [1.82, 2.24) is 4.90 Å². The Morgan fingerprint density at radius 3 is 2.56 bits per heavy atom. The number of aliphatic carboxylic acids is 1. The summed E-state index contributed by atoms with van der Waals surface area (Å²) in [6.45, 7) is 1.11. The van der Waals surface area contributed by atoms with E-state index in [2.05, 4.69) is 0 Å². The quantitative estimate of drug-likeness (QED) is 0.843. The molecule has 25 heavy (non-hydrogen) atoms. The van der Waals surface area contributed by atoms with Crippen LogP contribution in [0.15, 0.2) is 18.2 Å². The Labute approximate surface area is 153 Å². The number of halogens is 1. The lowest BCUT2D eigenvalue weighted by atomic mass is 10.0. The van der Waals surface area contributed by atoms with Gasteiger partial charge in [-0.15, -0.1) is 12.4 Å². The van der Waals surface area contributed by atoms with E-state index >= 15 is 0 Å². The minimum absolute atomic E-state index is 0. The molecule has 2 aliphatic rings. The van der Waals surface area contributed by atoms with E-state index in [4.69, 9.17) is 5.11 Å². The number of hydrogen-bond acceptors (Lipinski definition) is 4. The number of carboxylic acid groups (broad SMARTS) is 1. The fourth-order valence-corrected chi connectivity index (χ4v) is 4.37. The molecule has 0 spiro atoms. The van der Waals surface area contributed by atoms with Gasteiger partial charge in [-0.1, -0.05) is 0 Å². The number of amides is 1. The van der Waals surface area contributed by atoms with E-state index in [0.29, 0.717) is 37.2 Å².